The number of nitrogens with two attached hydrogens (primary N) is 2. The Balaban J connectivity index is -0.0000000933. The first-order chi connectivity index (χ1) is 5.24. The predicted octanol–water partition coefficient (Wildman–Crippen LogP) is 0.915. The quantitative estimate of drug-likeness (QED) is 0.593. The molecule has 3 nitrogen and oxygen atoms in total. The van der Waals surface area contributed by atoms with Gasteiger partial charge < -0.3 is 16.3 Å². The van der Waals surface area contributed by atoms with Crippen LogP contribution in [0.25, 0.3) is 0 Å². The second-order valence-electron chi connectivity index (χ2n) is 1.79. The van der Waals surface area contributed by atoms with Crippen LogP contribution in [0.4, 0.5) is 0 Å². The summed E-state index contributed by atoms with van der Waals surface area (Å²) in [5, 5.41) is 0. The Morgan fingerprint density at radius 3 is 1.55 bits per heavy atom. The molecule has 0 saturated heterocycles. The summed E-state index contributed by atoms with van der Waals surface area (Å²) in [4.78, 5) is 8.81. The van der Waals surface area contributed by atoms with Crippen molar-refractivity contribution in [2.45, 2.75) is 33.6 Å². The van der Waals surface area contributed by atoms with E-state index in [1.165, 1.54) is 19.8 Å². The fourth-order valence-corrected chi connectivity index (χ4v) is 0.204. The molecular weight excluding hydrogens is 140 g/mol. The molecule has 0 aliphatic rings. The van der Waals surface area contributed by atoms with Gasteiger partial charge in [-0.05, 0) is 26.4 Å². The summed E-state index contributed by atoms with van der Waals surface area (Å²) in [7, 11) is 0. The van der Waals surface area contributed by atoms with Gasteiger partial charge in [0.15, 0.2) is 0 Å². The van der Waals surface area contributed by atoms with E-state index in [0.717, 1.165) is 19.4 Å². The number of rotatable bonds is 2. The van der Waals surface area contributed by atoms with Crippen LogP contribution in [-0.2, 0) is 4.79 Å². The Kier molecular flexibility index (Phi) is 51.6. The molecule has 0 radical (unpaired) electrons. The number of hydrogen-bond acceptors (Lipinski definition) is 3. The Labute approximate surface area is 70.1 Å². The minimum Gasteiger partial charge on any atom is -0.331 e. The minimum absolute atomic E-state index is 0.750. The van der Waals surface area contributed by atoms with Crippen molar-refractivity contribution in [2.75, 3.05) is 13.1 Å². The van der Waals surface area contributed by atoms with Crippen LogP contribution in [-0.4, -0.2) is 19.4 Å². The maximum Gasteiger partial charge on any atom is 0.116 e. The maximum atomic E-state index is 8.81. The highest BCUT2D eigenvalue weighted by molar-refractivity contribution is 5.44. The third-order valence-corrected chi connectivity index (χ3v) is 0.558. The highest BCUT2D eigenvalue weighted by atomic mass is 16.1. The van der Waals surface area contributed by atoms with Crippen LogP contribution in [0.2, 0.25) is 0 Å². The van der Waals surface area contributed by atoms with E-state index in [4.69, 9.17) is 16.3 Å². The first-order valence-electron chi connectivity index (χ1n) is 4.04. The standard InChI is InChI=1S/C4H11N.C2H7N.C2H4O/c1-2-3-4-5;2*1-2-3/h2-5H2,1H3;2-3H2,1H3;2H,1H3. The van der Waals surface area contributed by atoms with Crippen molar-refractivity contribution in [1.29, 1.82) is 0 Å². The molecule has 0 aliphatic carbocycles. The van der Waals surface area contributed by atoms with Gasteiger partial charge in [0.25, 0.3) is 0 Å². The van der Waals surface area contributed by atoms with E-state index >= 15 is 0 Å². The van der Waals surface area contributed by atoms with Crippen molar-refractivity contribution in [3.05, 3.63) is 0 Å². The van der Waals surface area contributed by atoms with E-state index in [1.54, 1.807) is 0 Å². The maximum absolute atomic E-state index is 8.81. The minimum atomic E-state index is 0.750. The second-order valence-corrected chi connectivity index (χ2v) is 1.79. The molecule has 70 valence electrons. The van der Waals surface area contributed by atoms with Crippen LogP contribution in [0.5, 0.6) is 0 Å². The topological polar surface area (TPSA) is 69.1 Å². The molecular formula is C8H22N2O. The van der Waals surface area contributed by atoms with Crippen molar-refractivity contribution in [1.82, 2.24) is 0 Å². The Hall–Kier alpha value is -0.410. The zero-order chi connectivity index (χ0) is 9.54. The van der Waals surface area contributed by atoms with E-state index < -0.39 is 0 Å². The lowest BCUT2D eigenvalue weighted by Gasteiger charge is -1.80. The van der Waals surface area contributed by atoms with Crippen molar-refractivity contribution < 1.29 is 4.79 Å². The van der Waals surface area contributed by atoms with Crippen molar-refractivity contribution in [2.24, 2.45) is 11.5 Å². The van der Waals surface area contributed by atoms with E-state index in [1.807, 2.05) is 6.92 Å². The molecule has 4 N–H and O–H groups in total. The molecule has 0 spiro atoms. The van der Waals surface area contributed by atoms with Gasteiger partial charge in [0, 0.05) is 0 Å². The number of carbonyl (C=O) groups is 1. The summed E-state index contributed by atoms with van der Waals surface area (Å²) in [5.74, 6) is 0. The molecule has 0 aliphatic heterocycles. The first kappa shape index (κ1) is 16.9. The lowest BCUT2D eigenvalue weighted by atomic mass is 10.3. The molecule has 11 heavy (non-hydrogen) atoms. The van der Waals surface area contributed by atoms with Gasteiger partial charge in [-0.15, -0.1) is 0 Å². The first-order valence-corrected chi connectivity index (χ1v) is 4.04. The summed E-state index contributed by atoms with van der Waals surface area (Å²) >= 11 is 0. The van der Waals surface area contributed by atoms with Crippen molar-refractivity contribution >= 4 is 6.29 Å². The third kappa shape index (κ3) is 219. The third-order valence-electron chi connectivity index (χ3n) is 0.558. The molecule has 3 heteroatoms. The molecule has 0 heterocycles. The van der Waals surface area contributed by atoms with Gasteiger partial charge in [-0.2, -0.15) is 0 Å². The lowest BCUT2D eigenvalue weighted by Crippen LogP contribution is -1.95. The smallest absolute Gasteiger partial charge is 0.116 e. The highest BCUT2D eigenvalue weighted by Gasteiger charge is 1.67. The Bertz CT molecular complexity index is 47.4. The Morgan fingerprint density at radius 1 is 1.27 bits per heavy atom. The highest BCUT2D eigenvalue weighted by Crippen LogP contribution is 1.77. The van der Waals surface area contributed by atoms with Crippen LogP contribution < -0.4 is 11.5 Å². The van der Waals surface area contributed by atoms with Crippen molar-refractivity contribution in [3.8, 4) is 0 Å². The van der Waals surface area contributed by atoms with E-state index in [2.05, 4.69) is 6.92 Å². The average Bonchev–Trinajstić information content (AvgIpc) is 1.92. The molecule has 0 amide bonds. The molecule has 0 aromatic heterocycles. The normalized spacial score (nSPS) is 6.64. The van der Waals surface area contributed by atoms with Crippen LogP contribution in [0.3, 0.4) is 0 Å². The average molecular weight is 162 g/mol. The molecule has 0 atom stereocenters. The van der Waals surface area contributed by atoms with Gasteiger partial charge >= 0.3 is 0 Å². The summed E-state index contributed by atoms with van der Waals surface area (Å²) in [6.07, 6.45) is 3.14. The number of aldehydes is 1. The molecule has 0 bridgehead atoms. The SMILES string of the molecule is CC=O.CCCCN.CCN. The van der Waals surface area contributed by atoms with Gasteiger partial charge in [-0.1, -0.05) is 20.3 Å². The van der Waals surface area contributed by atoms with Gasteiger partial charge in [-0.3, -0.25) is 0 Å². The number of unbranched alkanes of at least 4 members (excludes halogenated alkanes) is 1. The number of hydrogen-bond donors (Lipinski definition) is 2. The monoisotopic (exact) mass is 162 g/mol. The van der Waals surface area contributed by atoms with Crippen molar-refractivity contribution in [3.63, 3.8) is 0 Å². The van der Waals surface area contributed by atoms with Crippen LogP contribution in [0.1, 0.15) is 33.6 Å². The summed E-state index contributed by atoms with van der Waals surface area (Å²) in [5.41, 5.74) is 9.99. The van der Waals surface area contributed by atoms with Gasteiger partial charge in [-0.25, -0.2) is 0 Å². The zero-order valence-corrected chi connectivity index (χ0v) is 7.97. The second kappa shape index (κ2) is 33.6. The van der Waals surface area contributed by atoms with E-state index in [0.29, 0.717) is 0 Å². The van der Waals surface area contributed by atoms with Crippen LogP contribution in [0, 0.1) is 0 Å². The predicted molar refractivity (Wildman–Crippen MR) is 50.4 cm³/mol. The van der Waals surface area contributed by atoms with Gasteiger partial charge in [0.2, 0.25) is 0 Å². The zero-order valence-electron chi connectivity index (χ0n) is 7.97. The number of carbonyl (C=O) groups excluding carboxylic acids is 1. The van der Waals surface area contributed by atoms with Crippen LogP contribution in [0.15, 0.2) is 0 Å². The Morgan fingerprint density at radius 2 is 1.55 bits per heavy atom. The fourth-order valence-electron chi connectivity index (χ4n) is 0.204. The van der Waals surface area contributed by atoms with E-state index in [9.17, 15) is 0 Å². The summed E-state index contributed by atoms with van der Waals surface area (Å²) in [6.45, 7) is 7.07. The molecule has 0 aromatic rings. The van der Waals surface area contributed by atoms with Gasteiger partial charge in [0.1, 0.15) is 6.29 Å². The fraction of sp³-hybridized carbons (Fsp3) is 0.875. The molecule has 0 saturated carbocycles. The summed E-state index contributed by atoms with van der Waals surface area (Å²) in [6, 6.07) is 0. The van der Waals surface area contributed by atoms with E-state index in [-0.39, 0.29) is 0 Å². The molecule has 0 rings (SSSR count). The van der Waals surface area contributed by atoms with Crippen LogP contribution >= 0.6 is 0 Å². The molecule has 0 unspecified atom stereocenters. The summed E-state index contributed by atoms with van der Waals surface area (Å²) < 4.78 is 0. The van der Waals surface area contributed by atoms with Gasteiger partial charge in [0.05, 0.1) is 0 Å². The lowest BCUT2D eigenvalue weighted by molar-refractivity contribution is -0.106. The largest absolute Gasteiger partial charge is 0.331 e. The molecule has 0 fully saturated rings. The molecule has 0 aromatic carbocycles.